The summed E-state index contributed by atoms with van der Waals surface area (Å²) in [4.78, 5) is 0. The molecule has 0 aromatic rings. The third kappa shape index (κ3) is 78.5. The quantitative estimate of drug-likeness (QED) is 0.271. The van der Waals surface area contributed by atoms with Crippen molar-refractivity contribution < 1.29 is 19.5 Å². The summed E-state index contributed by atoms with van der Waals surface area (Å²) in [6.45, 7) is 0. The molecule has 0 aliphatic rings. The number of hydrogen-bond acceptors (Lipinski definition) is 4. The molecule has 0 aromatic carbocycles. The zero-order valence-corrected chi connectivity index (χ0v) is 9.47. The average Bonchev–Trinajstić information content (AvgIpc) is 1.61. The maximum atomic E-state index is 9.06. The first kappa shape index (κ1) is 13.1. The second kappa shape index (κ2) is 6.17. The number of quaternary nitrogens is 1. The Morgan fingerprint density at radius 2 is 1.50 bits per heavy atom. The van der Waals surface area contributed by atoms with E-state index in [4.69, 9.17) is 11.8 Å². The normalized spacial score (nSPS) is 9.80. The van der Waals surface area contributed by atoms with Crippen molar-refractivity contribution in [2.45, 2.75) is 0 Å². The molecule has 1 N–H and O–H groups in total. The van der Waals surface area contributed by atoms with Crippen molar-refractivity contribution in [3.8, 4) is 0 Å². The van der Waals surface area contributed by atoms with Crippen LogP contribution >= 0.6 is 0 Å². The second-order valence-electron chi connectivity index (χ2n) is 3.02. The molecular weight excluding hydrogens is 245 g/mol. The average molecular weight is 258 g/mol. The van der Waals surface area contributed by atoms with Crippen molar-refractivity contribution in [3.05, 3.63) is 0 Å². The fraction of sp³-hybridized carbons (Fsp3) is 1.00. The summed E-state index contributed by atoms with van der Waals surface area (Å²) >= 11 is -4.02. The maximum absolute atomic E-state index is 9.06. The molecule has 0 saturated heterocycles. The van der Waals surface area contributed by atoms with E-state index in [0.717, 1.165) is 4.48 Å². The molecule has 0 radical (unpaired) electrons. The van der Waals surface area contributed by atoms with Gasteiger partial charge in [0.05, 0.1) is 28.2 Å². The van der Waals surface area contributed by atoms with Crippen molar-refractivity contribution in [2.75, 3.05) is 28.2 Å². The van der Waals surface area contributed by atoms with Gasteiger partial charge in [-0.25, -0.2) is 0 Å². The Morgan fingerprint density at radius 3 is 1.50 bits per heavy atom. The summed E-state index contributed by atoms with van der Waals surface area (Å²) in [7, 11) is 8.50. The first-order valence-electron chi connectivity index (χ1n) is 2.58. The van der Waals surface area contributed by atoms with Crippen LogP contribution in [0, 0.1) is 0 Å². The molecule has 0 unspecified atom stereocenters. The zero-order chi connectivity index (χ0) is 8.78. The summed E-state index contributed by atoms with van der Waals surface area (Å²) < 4.78 is 22.0. The van der Waals surface area contributed by atoms with Gasteiger partial charge in [-0.15, -0.1) is 0 Å². The van der Waals surface area contributed by atoms with Crippen LogP contribution in [0.25, 0.3) is 0 Å². The van der Waals surface area contributed by atoms with Gasteiger partial charge in [0, 0.05) is 0 Å². The van der Waals surface area contributed by atoms with E-state index in [0.29, 0.717) is 0 Å². The molecule has 0 aliphatic heterocycles. The van der Waals surface area contributed by atoms with E-state index in [2.05, 4.69) is 31.4 Å². The molecule has 0 bridgehead atoms. The van der Waals surface area contributed by atoms with Gasteiger partial charge >= 0.3 is 35.6 Å². The van der Waals surface area contributed by atoms with Crippen LogP contribution in [0.4, 0.5) is 0 Å². The van der Waals surface area contributed by atoms with Crippen LogP contribution in [-0.4, -0.2) is 58.5 Å². The monoisotopic (exact) mass is 259 g/mol. The number of hydrogen-bond donors (Lipinski definition) is 1. The Kier molecular flexibility index (Phi) is 8.06. The van der Waals surface area contributed by atoms with Gasteiger partial charge in [-0.2, -0.15) is 0 Å². The van der Waals surface area contributed by atoms with Crippen molar-refractivity contribution in [1.29, 1.82) is 0 Å². The standard InChI is InChI=1S/C4H12N.H2O2.2O.Sn/c1-5(2,3)4;1-2;;;/h1-4H3;1-2H;;;/q+1;;;-1;+1/p-1. The third-order valence-electron chi connectivity index (χ3n) is 0.0745. The van der Waals surface area contributed by atoms with E-state index in [1.54, 1.807) is 0 Å². The molecule has 0 spiro atoms. The van der Waals surface area contributed by atoms with Crippen LogP contribution in [0.15, 0.2) is 0 Å². The summed E-state index contributed by atoms with van der Waals surface area (Å²) in [6, 6.07) is 0. The summed E-state index contributed by atoms with van der Waals surface area (Å²) in [5.41, 5.74) is 0. The van der Waals surface area contributed by atoms with Crippen LogP contribution in [0.5, 0.6) is 0 Å². The Hall–Kier alpha value is 0.439. The second-order valence-corrected chi connectivity index (χ2v) is 4.97. The predicted molar refractivity (Wildman–Crippen MR) is 34.1 cm³/mol. The van der Waals surface area contributed by atoms with E-state index in [1.165, 1.54) is 0 Å². The van der Waals surface area contributed by atoms with Crippen LogP contribution < -0.4 is 3.44 Å². The van der Waals surface area contributed by atoms with Crippen LogP contribution in [0.3, 0.4) is 0 Å². The number of rotatable bonds is 1. The van der Waals surface area contributed by atoms with Gasteiger partial charge in [-0.05, 0) is 0 Å². The zero-order valence-electron chi connectivity index (χ0n) is 6.62. The Labute approximate surface area is 68.6 Å². The fourth-order valence-electron chi connectivity index (χ4n) is 0. The van der Waals surface area contributed by atoms with Gasteiger partial charge in [0.25, 0.3) is 0 Å². The Balaban J connectivity index is 0. The minimum atomic E-state index is -4.02. The van der Waals surface area contributed by atoms with E-state index < -0.39 is 20.6 Å². The molecule has 0 fully saturated rings. The molecule has 0 aliphatic carbocycles. The molecule has 0 atom stereocenters. The fourth-order valence-corrected chi connectivity index (χ4v) is 0. The number of nitrogens with zero attached hydrogens (tertiary/aromatic N) is 1. The Morgan fingerprint density at radius 1 is 1.40 bits per heavy atom. The molecule has 10 heavy (non-hydrogen) atoms. The van der Waals surface area contributed by atoms with Crippen LogP contribution in [0.2, 0.25) is 0 Å². The summed E-state index contributed by atoms with van der Waals surface area (Å²) in [5, 5.41) is 7.11. The first-order chi connectivity index (χ1) is 4.27. The molecule has 0 amide bonds. The molecule has 0 saturated carbocycles. The van der Waals surface area contributed by atoms with E-state index in [-0.39, 0.29) is 0 Å². The van der Waals surface area contributed by atoms with Gasteiger partial charge in [-0.1, -0.05) is 0 Å². The molecule has 0 aromatic heterocycles. The van der Waals surface area contributed by atoms with E-state index in [9.17, 15) is 0 Å². The van der Waals surface area contributed by atoms with Gasteiger partial charge in [-0.3, -0.25) is 0 Å². The van der Waals surface area contributed by atoms with Gasteiger partial charge in [0.15, 0.2) is 0 Å². The summed E-state index contributed by atoms with van der Waals surface area (Å²) in [5.74, 6) is 0. The predicted octanol–water partition coefficient (Wildman–Crippen LogP) is -1.43. The van der Waals surface area contributed by atoms with Crippen LogP contribution in [-0.2, 0) is 6.30 Å². The van der Waals surface area contributed by atoms with Gasteiger partial charge in [0.2, 0.25) is 0 Å². The van der Waals surface area contributed by atoms with Gasteiger partial charge in [0.1, 0.15) is 0 Å². The van der Waals surface area contributed by atoms with Crippen molar-refractivity contribution >= 4 is 20.6 Å². The third-order valence-corrected chi connectivity index (χ3v) is 0.500. The molecule has 6 heteroatoms. The van der Waals surface area contributed by atoms with Crippen molar-refractivity contribution in [1.82, 2.24) is 0 Å². The van der Waals surface area contributed by atoms with Crippen molar-refractivity contribution in [3.63, 3.8) is 0 Å². The molecule has 0 heterocycles. The van der Waals surface area contributed by atoms with E-state index >= 15 is 0 Å². The first-order valence-corrected chi connectivity index (χ1v) is 6.08. The molecule has 5 nitrogen and oxygen atoms in total. The minimum absolute atomic E-state index is 1.00. The molecule has 62 valence electrons. The summed E-state index contributed by atoms with van der Waals surface area (Å²) in [6.07, 6.45) is 0. The SMILES string of the molecule is C[N+](C)(C)C.[O]=[Sn]([O-])[O]O. The van der Waals surface area contributed by atoms with Gasteiger partial charge < -0.3 is 4.48 Å². The molecule has 0 rings (SSSR count). The molecular formula is C4H13NO4Sn. The Bertz CT molecular complexity index is 93.9. The topological polar surface area (TPSA) is 69.6 Å². The van der Waals surface area contributed by atoms with Crippen molar-refractivity contribution in [2.24, 2.45) is 0 Å². The van der Waals surface area contributed by atoms with Crippen LogP contribution in [0.1, 0.15) is 0 Å². The van der Waals surface area contributed by atoms with E-state index in [1.807, 2.05) is 0 Å².